The molecular formula is C20H29BrN4OP2S. The van der Waals surface area contributed by atoms with Crippen molar-refractivity contribution < 1.29 is 4.79 Å². The minimum atomic E-state index is -0.0939. The first-order chi connectivity index (χ1) is 13.4. The summed E-state index contributed by atoms with van der Waals surface area (Å²) in [6, 6.07) is 0. The van der Waals surface area contributed by atoms with Crippen LogP contribution in [-0.2, 0) is 17.4 Å². The number of Topliss-reactive ketones (excluding diaryl/α,β-unsaturated/α-hetero) is 1. The molecule has 0 spiro atoms. The van der Waals surface area contributed by atoms with Gasteiger partial charge in [0.1, 0.15) is 15.4 Å². The van der Waals surface area contributed by atoms with E-state index in [1.54, 1.807) is 11.6 Å². The molecule has 2 aliphatic carbocycles. The molecule has 2 fully saturated rings. The highest BCUT2D eigenvalue weighted by atomic mass is 79.9. The van der Waals surface area contributed by atoms with Crippen LogP contribution < -0.4 is 5.73 Å². The van der Waals surface area contributed by atoms with Crippen molar-refractivity contribution in [2.24, 2.45) is 18.9 Å². The molecule has 5 nitrogen and oxygen atoms in total. The van der Waals surface area contributed by atoms with Crippen molar-refractivity contribution in [2.75, 3.05) is 5.73 Å². The smallest absolute Gasteiger partial charge is 0.165 e. The summed E-state index contributed by atoms with van der Waals surface area (Å²) >= 11 is 5.57. The molecule has 29 heavy (non-hydrogen) atoms. The number of carbonyl (C=O) groups is 1. The Morgan fingerprint density at radius 3 is 2.41 bits per heavy atom. The number of nitrogens with zero attached hydrogens (tertiary/aromatic N) is 3. The largest absolute Gasteiger partial charge is 0.383 e. The third kappa shape index (κ3) is 3.75. The molecule has 0 aliphatic heterocycles. The lowest BCUT2D eigenvalue weighted by molar-refractivity contribution is 0.101. The zero-order valence-corrected chi connectivity index (χ0v) is 22.0. The summed E-state index contributed by atoms with van der Waals surface area (Å²) in [4.78, 5) is 18.2. The number of aromatic nitrogens is 3. The van der Waals surface area contributed by atoms with Crippen molar-refractivity contribution in [1.29, 1.82) is 0 Å². The average Bonchev–Trinajstić information content (AvgIpc) is 3.29. The van der Waals surface area contributed by atoms with E-state index in [2.05, 4.69) is 53.4 Å². The lowest BCUT2D eigenvalue weighted by Crippen LogP contribution is -2.18. The fourth-order valence-electron chi connectivity index (χ4n) is 5.47. The van der Waals surface area contributed by atoms with E-state index in [-0.39, 0.29) is 16.1 Å². The summed E-state index contributed by atoms with van der Waals surface area (Å²) in [7, 11) is 7.55. The molecular weight excluding hydrogens is 486 g/mol. The molecule has 4 rings (SSSR count). The molecule has 2 aromatic heterocycles. The molecule has 0 radical (unpaired) electrons. The second-order valence-corrected chi connectivity index (χ2v) is 14.2. The van der Waals surface area contributed by atoms with E-state index in [1.165, 1.54) is 4.88 Å². The zero-order valence-electron chi connectivity index (χ0n) is 17.3. The maximum absolute atomic E-state index is 12.2. The predicted molar refractivity (Wildman–Crippen MR) is 130 cm³/mol. The minimum Gasteiger partial charge on any atom is -0.383 e. The number of fused-ring (bicyclic) bond motifs is 1. The van der Waals surface area contributed by atoms with Crippen LogP contribution in [0.4, 0.5) is 5.82 Å². The molecule has 0 saturated heterocycles. The van der Waals surface area contributed by atoms with Crippen molar-refractivity contribution in [1.82, 2.24) is 14.8 Å². The zero-order chi connectivity index (χ0) is 21.3. The van der Waals surface area contributed by atoms with E-state index in [1.807, 2.05) is 18.4 Å². The number of aryl methyl sites for hydroxylation is 1. The Morgan fingerprint density at radius 1 is 1.34 bits per heavy atom. The Morgan fingerprint density at radius 2 is 1.93 bits per heavy atom. The lowest BCUT2D eigenvalue weighted by Gasteiger charge is -2.25. The van der Waals surface area contributed by atoms with E-state index >= 15 is 0 Å². The van der Waals surface area contributed by atoms with Crippen LogP contribution in [0.15, 0.2) is 4.60 Å². The molecule has 2 N–H and O–H groups in total. The van der Waals surface area contributed by atoms with E-state index < -0.39 is 0 Å². The molecule has 2 saturated carbocycles. The molecule has 158 valence electrons. The summed E-state index contributed by atoms with van der Waals surface area (Å²) in [5.41, 5.74) is 7.83. The van der Waals surface area contributed by atoms with Crippen LogP contribution in [0.3, 0.4) is 0 Å². The van der Waals surface area contributed by atoms with Crippen LogP contribution in [0, 0.1) is 11.8 Å². The van der Waals surface area contributed by atoms with Crippen LogP contribution in [0.5, 0.6) is 0 Å². The van der Waals surface area contributed by atoms with Gasteiger partial charge in [0.15, 0.2) is 5.78 Å². The van der Waals surface area contributed by atoms with Gasteiger partial charge in [-0.1, -0.05) is 6.92 Å². The topological polar surface area (TPSA) is 73.8 Å². The molecule has 0 amide bonds. The van der Waals surface area contributed by atoms with Crippen LogP contribution >= 0.6 is 45.7 Å². The Labute approximate surface area is 189 Å². The number of anilines is 1. The van der Waals surface area contributed by atoms with Crippen LogP contribution in [0.2, 0.25) is 0 Å². The molecule has 4 unspecified atom stereocenters. The van der Waals surface area contributed by atoms with E-state index in [4.69, 9.17) is 10.7 Å². The molecule has 2 aromatic rings. The number of hydrogen-bond acceptors (Lipinski definition) is 5. The number of halogens is 1. The fourth-order valence-corrected chi connectivity index (χ4v) is 8.06. The van der Waals surface area contributed by atoms with Gasteiger partial charge in [-0.25, -0.2) is 4.98 Å². The fraction of sp³-hybridized carbons (Fsp3) is 0.650. The Balaban J connectivity index is 1.56. The summed E-state index contributed by atoms with van der Waals surface area (Å²) in [6.07, 6.45) is 4.50. The Kier molecular flexibility index (Phi) is 5.55. The highest BCUT2D eigenvalue weighted by molar-refractivity contribution is 9.10. The number of nitrogens with two attached hydrogens (primary N) is 1. The SMILES string of the molecule is CC(=O)c1c(C2CC3CC(C)(c4sc(C(C)(P)P)nc4Br)CC3C2)nn(C)c1N. The number of thiazole rings is 1. The highest BCUT2D eigenvalue weighted by Gasteiger charge is 2.50. The van der Waals surface area contributed by atoms with Crippen molar-refractivity contribution in [3.8, 4) is 0 Å². The van der Waals surface area contributed by atoms with Crippen molar-refractivity contribution in [3.63, 3.8) is 0 Å². The summed E-state index contributed by atoms with van der Waals surface area (Å²) in [5, 5.41) is 5.76. The number of ketones is 1. The van der Waals surface area contributed by atoms with Crippen molar-refractivity contribution in [2.45, 2.75) is 62.7 Å². The standard InChI is InChI=1S/C20H29BrN4OP2S/c1-9(26)13-14(24-25(4)17(13)22)10-5-11-7-19(2,8-12(11)6-10)15-16(21)23-18(29-15)20(3,27)28/h10-12H,5-8,22,27-28H2,1-4H3. The first kappa shape index (κ1) is 21.9. The Bertz CT molecular complexity index is 966. The van der Waals surface area contributed by atoms with Gasteiger partial charge >= 0.3 is 0 Å². The lowest BCUT2D eigenvalue weighted by atomic mass is 9.83. The van der Waals surface area contributed by atoms with Gasteiger partial charge in [-0.15, -0.1) is 29.8 Å². The third-order valence-corrected chi connectivity index (χ3v) is 10.1. The van der Waals surface area contributed by atoms with E-state index in [0.29, 0.717) is 29.1 Å². The highest BCUT2D eigenvalue weighted by Crippen LogP contribution is 2.60. The number of carbonyl (C=O) groups excluding carboxylic acids is 1. The van der Waals surface area contributed by atoms with Gasteiger partial charge in [0.2, 0.25) is 0 Å². The molecule has 4 atom stereocenters. The van der Waals surface area contributed by atoms with Gasteiger partial charge in [0, 0.05) is 28.2 Å². The maximum atomic E-state index is 12.2. The van der Waals surface area contributed by atoms with E-state index in [9.17, 15) is 4.79 Å². The second kappa shape index (κ2) is 7.36. The molecule has 0 bridgehead atoms. The van der Waals surface area contributed by atoms with Gasteiger partial charge in [0.05, 0.1) is 11.3 Å². The third-order valence-electron chi connectivity index (χ3n) is 6.72. The van der Waals surface area contributed by atoms with E-state index in [0.717, 1.165) is 41.0 Å². The molecule has 2 aliphatic rings. The molecule has 0 aromatic carbocycles. The summed E-state index contributed by atoms with van der Waals surface area (Å²) in [6.45, 7) is 6.14. The monoisotopic (exact) mass is 514 g/mol. The van der Waals surface area contributed by atoms with Crippen LogP contribution in [-0.4, -0.2) is 20.5 Å². The van der Waals surface area contributed by atoms with Crippen LogP contribution in [0.25, 0.3) is 0 Å². The molecule has 9 heteroatoms. The second-order valence-electron chi connectivity index (χ2n) is 9.40. The quantitative estimate of drug-likeness (QED) is 0.449. The first-order valence-corrected chi connectivity index (χ1v) is 12.8. The van der Waals surface area contributed by atoms with Crippen molar-refractivity contribution >= 4 is 57.3 Å². The average molecular weight is 515 g/mol. The van der Waals surface area contributed by atoms with Gasteiger partial charge in [-0.2, -0.15) is 5.10 Å². The van der Waals surface area contributed by atoms with Crippen LogP contribution in [0.1, 0.15) is 78.3 Å². The minimum absolute atomic E-state index is 0.0199. The summed E-state index contributed by atoms with van der Waals surface area (Å²) < 4.78 is 2.66. The van der Waals surface area contributed by atoms with Gasteiger partial charge < -0.3 is 5.73 Å². The number of nitrogen functional groups attached to an aromatic ring is 1. The van der Waals surface area contributed by atoms with Crippen molar-refractivity contribution in [3.05, 3.63) is 25.7 Å². The summed E-state index contributed by atoms with van der Waals surface area (Å²) in [5.74, 6) is 2.16. The van der Waals surface area contributed by atoms with Gasteiger partial charge in [-0.05, 0) is 67.3 Å². The normalized spacial score (nSPS) is 29.4. The van der Waals surface area contributed by atoms with Gasteiger partial charge in [0.25, 0.3) is 0 Å². The predicted octanol–water partition coefficient (Wildman–Crippen LogP) is 5.21. The maximum Gasteiger partial charge on any atom is 0.165 e. The Hall–Kier alpha value is -0.350. The number of rotatable bonds is 4. The number of hydrogen-bond donors (Lipinski definition) is 1. The molecule has 2 heterocycles. The first-order valence-electron chi connectivity index (χ1n) is 9.99. The van der Waals surface area contributed by atoms with Gasteiger partial charge in [-0.3, -0.25) is 9.48 Å².